The number of halogens is 1. The Morgan fingerprint density at radius 3 is 2.55 bits per heavy atom. The van der Waals surface area contributed by atoms with Crippen molar-refractivity contribution in [2.45, 2.75) is 25.7 Å². The molecule has 0 fully saturated rings. The maximum absolute atomic E-state index is 12.7. The van der Waals surface area contributed by atoms with Crippen molar-refractivity contribution in [2.75, 3.05) is 0 Å². The van der Waals surface area contributed by atoms with Gasteiger partial charge in [0.05, 0.1) is 6.42 Å². The summed E-state index contributed by atoms with van der Waals surface area (Å²) in [4.78, 5) is 23.4. The fourth-order valence-electron chi connectivity index (χ4n) is 2.10. The molecule has 0 saturated carbocycles. The molecule has 5 heteroatoms. The molecule has 1 aliphatic carbocycles. The minimum atomic E-state index is -0.340. The summed E-state index contributed by atoms with van der Waals surface area (Å²) >= 11 is 0. The van der Waals surface area contributed by atoms with Gasteiger partial charge in [-0.3, -0.25) is 20.4 Å². The lowest BCUT2D eigenvalue weighted by Crippen LogP contribution is -2.45. The lowest BCUT2D eigenvalue weighted by Gasteiger charge is -2.17. The van der Waals surface area contributed by atoms with Gasteiger partial charge in [0.15, 0.2) is 0 Å². The molecule has 1 aromatic carbocycles. The number of benzene rings is 1. The number of amides is 2. The lowest BCUT2D eigenvalue weighted by molar-refractivity contribution is -0.131. The average molecular weight is 276 g/mol. The van der Waals surface area contributed by atoms with E-state index >= 15 is 0 Å². The number of rotatable bonds is 3. The summed E-state index contributed by atoms with van der Waals surface area (Å²) in [5, 5.41) is 0. The van der Waals surface area contributed by atoms with Gasteiger partial charge < -0.3 is 0 Å². The van der Waals surface area contributed by atoms with Crippen molar-refractivity contribution in [3.05, 3.63) is 47.8 Å². The van der Waals surface area contributed by atoms with Gasteiger partial charge in [-0.15, -0.1) is 0 Å². The molecule has 0 aliphatic heterocycles. The van der Waals surface area contributed by atoms with Crippen molar-refractivity contribution < 1.29 is 14.0 Å². The second-order valence-electron chi connectivity index (χ2n) is 4.82. The number of nitrogens with one attached hydrogen (secondary N) is 2. The predicted molar refractivity (Wildman–Crippen MR) is 72.9 cm³/mol. The van der Waals surface area contributed by atoms with Gasteiger partial charge in [0.25, 0.3) is 0 Å². The number of carbonyl (C=O) groups is 2. The van der Waals surface area contributed by atoms with Crippen LogP contribution in [0.4, 0.5) is 4.39 Å². The number of carbonyl (C=O) groups excluding carboxylic acids is 2. The Hall–Kier alpha value is -2.17. The second kappa shape index (κ2) is 6.84. The van der Waals surface area contributed by atoms with Gasteiger partial charge in [-0.2, -0.15) is 0 Å². The van der Waals surface area contributed by atoms with Crippen LogP contribution < -0.4 is 10.9 Å². The smallest absolute Gasteiger partial charge is 0.242 e. The Bertz CT molecular complexity index is 511. The van der Waals surface area contributed by atoms with E-state index in [9.17, 15) is 14.0 Å². The van der Waals surface area contributed by atoms with Gasteiger partial charge in [0.2, 0.25) is 11.8 Å². The van der Waals surface area contributed by atoms with Crippen LogP contribution in [0.5, 0.6) is 0 Å². The van der Waals surface area contributed by atoms with Crippen molar-refractivity contribution in [3.8, 4) is 0 Å². The zero-order chi connectivity index (χ0) is 14.4. The highest BCUT2D eigenvalue weighted by molar-refractivity contribution is 5.84. The fourth-order valence-corrected chi connectivity index (χ4v) is 2.10. The molecule has 106 valence electrons. The van der Waals surface area contributed by atoms with E-state index in [4.69, 9.17) is 0 Å². The Labute approximate surface area is 117 Å². The molecule has 0 bridgehead atoms. The highest BCUT2D eigenvalue weighted by atomic mass is 19.1. The molecule has 4 nitrogen and oxygen atoms in total. The largest absolute Gasteiger partial charge is 0.273 e. The molecule has 1 atom stereocenters. The maximum atomic E-state index is 12.7. The Morgan fingerprint density at radius 1 is 1.15 bits per heavy atom. The third kappa shape index (κ3) is 4.19. The standard InChI is InChI=1S/C15H17FN2O2/c16-13-8-6-11(7-9-13)10-14(19)17-18-15(20)12-4-2-1-3-5-12/h1-2,6-9,12H,3-5,10H2,(H,17,19)(H,18,20). The van der Waals surface area contributed by atoms with E-state index in [1.807, 2.05) is 6.08 Å². The lowest BCUT2D eigenvalue weighted by atomic mass is 9.94. The summed E-state index contributed by atoms with van der Waals surface area (Å²) in [6.07, 6.45) is 6.54. The predicted octanol–water partition coefficient (Wildman–Crippen LogP) is 1.87. The van der Waals surface area contributed by atoms with Crippen molar-refractivity contribution >= 4 is 11.8 Å². The molecular formula is C15H17FN2O2. The average Bonchev–Trinajstić information content (AvgIpc) is 2.48. The van der Waals surface area contributed by atoms with Crippen LogP contribution >= 0.6 is 0 Å². The highest BCUT2D eigenvalue weighted by Gasteiger charge is 2.18. The first-order valence-electron chi connectivity index (χ1n) is 6.63. The highest BCUT2D eigenvalue weighted by Crippen LogP contribution is 2.17. The van der Waals surface area contributed by atoms with Gasteiger partial charge >= 0.3 is 0 Å². The summed E-state index contributed by atoms with van der Waals surface area (Å²) in [6, 6.07) is 5.69. The van der Waals surface area contributed by atoms with E-state index in [0.717, 1.165) is 12.8 Å². The van der Waals surface area contributed by atoms with Crippen LogP contribution in [0.3, 0.4) is 0 Å². The number of hydrogen-bond donors (Lipinski definition) is 2. The van der Waals surface area contributed by atoms with E-state index in [-0.39, 0.29) is 30.0 Å². The first kappa shape index (κ1) is 14.2. The minimum Gasteiger partial charge on any atom is -0.273 e. The molecule has 1 aromatic rings. The van der Waals surface area contributed by atoms with Crippen LogP contribution in [0.1, 0.15) is 24.8 Å². The molecule has 2 amide bonds. The van der Waals surface area contributed by atoms with Gasteiger partial charge in [0, 0.05) is 5.92 Å². The van der Waals surface area contributed by atoms with Crippen LogP contribution in [-0.2, 0) is 16.0 Å². The summed E-state index contributed by atoms with van der Waals surface area (Å²) < 4.78 is 12.7. The van der Waals surface area contributed by atoms with Gasteiger partial charge in [-0.1, -0.05) is 24.3 Å². The Kier molecular flexibility index (Phi) is 4.87. The van der Waals surface area contributed by atoms with Crippen molar-refractivity contribution in [2.24, 2.45) is 5.92 Å². The topological polar surface area (TPSA) is 58.2 Å². The van der Waals surface area contributed by atoms with Crippen molar-refractivity contribution in [1.29, 1.82) is 0 Å². The number of hydrazine groups is 1. The molecule has 0 aromatic heterocycles. The van der Waals surface area contributed by atoms with E-state index in [0.29, 0.717) is 12.0 Å². The van der Waals surface area contributed by atoms with Gasteiger partial charge in [0.1, 0.15) is 5.82 Å². The van der Waals surface area contributed by atoms with E-state index < -0.39 is 0 Å². The zero-order valence-electron chi connectivity index (χ0n) is 11.1. The van der Waals surface area contributed by atoms with Crippen LogP contribution in [0.2, 0.25) is 0 Å². The SMILES string of the molecule is O=C(Cc1ccc(F)cc1)NNC(=O)C1CC=CCC1. The molecule has 2 rings (SSSR count). The summed E-state index contributed by atoms with van der Waals surface area (Å²) in [7, 11) is 0. The molecule has 1 unspecified atom stereocenters. The quantitative estimate of drug-likeness (QED) is 0.654. The third-order valence-corrected chi connectivity index (χ3v) is 3.24. The molecule has 1 aliphatic rings. The first-order chi connectivity index (χ1) is 9.65. The molecule has 0 spiro atoms. The number of allylic oxidation sites excluding steroid dienone is 2. The number of hydrogen-bond acceptors (Lipinski definition) is 2. The van der Waals surface area contributed by atoms with Crippen LogP contribution in [-0.4, -0.2) is 11.8 Å². The van der Waals surface area contributed by atoms with Crippen LogP contribution in [0.25, 0.3) is 0 Å². The molecule has 2 N–H and O–H groups in total. The van der Waals surface area contributed by atoms with Crippen LogP contribution in [0, 0.1) is 11.7 Å². The van der Waals surface area contributed by atoms with E-state index in [1.165, 1.54) is 12.1 Å². The molecular weight excluding hydrogens is 259 g/mol. The second-order valence-corrected chi connectivity index (χ2v) is 4.82. The first-order valence-corrected chi connectivity index (χ1v) is 6.63. The minimum absolute atomic E-state index is 0.0777. The fraction of sp³-hybridized carbons (Fsp3) is 0.333. The normalized spacial score (nSPS) is 17.6. The molecule has 0 heterocycles. The van der Waals surface area contributed by atoms with Crippen LogP contribution in [0.15, 0.2) is 36.4 Å². The summed E-state index contributed by atoms with van der Waals surface area (Å²) in [5.74, 6) is -0.906. The van der Waals surface area contributed by atoms with Gasteiger partial charge in [-0.25, -0.2) is 4.39 Å². The molecule has 0 radical (unpaired) electrons. The van der Waals surface area contributed by atoms with Crippen molar-refractivity contribution in [3.63, 3.8) is 0 Å². The zero-order valence-corrected chi connectivity index (χ0v) is 11.1. The van der Waals surface area contributed by atoms with E-state index in [2.05, 4.69) is 16.9 Å². The van der Waals surface area contributed by atoms with E-state index in [1.54, 1.807) is 12.1 Å². The maximum Gasteiger partial charge on any atom is 0.242 e. The third-order valence-electron chi connectivity index (χ3n) is 3.24. The summed E-state index contributed by atoms with van der Waals surface area (Å²) in [5.41, 5.74) is 5.52. The molecule has 0 saturated heterocycles. The molecule has 20 heavy (non-hydrogen) atoms. The monoisotopic (exact) mass is 276 g/mol. The summed E-state index contributed by atoms with van der Waals surface area (Å²) in [6.45, 7) is 0. The Balaban J connectivity index is 1.75. The Morgan fingerprint density at radius 2 is 1.90 bits per heavy atom. The van der Waals surface area contributed by atoms with Gasteiger partial charge in [-0.05, 0) is 37.0 Å². The van der Waals surface area contributed by atoms with Crippen molar-refractivity contribution in [1.82, 2.24) is 10.9 Å².